The fraction of sp³-hybridized carbons (Fsp3) is 0.269. The summed E-state index contributed by atoms with van der Waals surface area (Å²) < 4.78 is 28.2. The van der Waals surface area contributed by atoms with Gasteiger partial charge in [-0.3, -0.25) is 0 Å². The Morgan fingerprint density at radius 3 is 2.75 bits per heavy atom. The second-order valence-electron chi connectivity index (χ2n) is 8.79. The number of H-pyrrole nitrogens is 1. The summed E-state index contributed by atoms with van der Waals surface area (Å²) >= 11 is 0. The molecule has 2 aromatic heterocycles. The average Bonchev–Trinajstić information content (AvgIpc) is 3.40. The topological polar surface area (TPSA) is 67.8 Å². The van der Waals surface area contributed by atoms with E-state index in [4.69, 9.17) is 4.98 Å². The zero-order valence-corrected chi connectivity index (χ0v) is 19.4. The zero-order valence-electron chi connectivity index (χ0n) is 18.6. The molecule has 1 atom stereocenters. The van der Waals surface area contributed by atoms with E-state index in [1.54, 1.807) is 6.20 Å². The number of nitrogens with zero attached hydrogens (tertiary/aromatic N) is 2. The smallest absolute Gasteiger partial charge is 0.248 e. The van der Waals surface area contributed by atoms with Crippen molar-refractivity contribution in [2.75, 3.05) is 0 Å². The molecule has 0 spiro atoms. The van der Waals surface area contributed by atoms with Gasteiger partial charge in [0, 0.05) is 18.0 Å². The molecule has 0 aliphatic heterocycles. The van der Waals surface area contributed by atoms with Gasteiger partial charge in [-0.15, -0.1) is 0 Å². The van der Waals surface area contributed by atoms with E-state index in [-0.39, 0.29) is 0 Å². The maximum Gasteiger partial charge on any atom is 0.248 e. The first-order valence-electron chi connectivity index (χ1n) is 11.0. The average molecular weight is 446 g/mol. The lowest BCUT2D eigenvalue weighted by Gasteiger charge is -2.29. The summed E-state index contributed by atoms with van der Waals surface area (Å²) in [5.41, 5.74) is 5.74. The van der Waals surface area contributed by atoms with Gasteiger partial charge in [-0.25, -0.2) is 17.4 Å². The highest BCUT2D eigenvalue weighted by Gasteiger charge is 2.39. The number of nitrogens with one attached hydrogen (secondary N) is 1. The van der Waals surface area contributed by atoms with Gasteiger partial charge in [0.15, 0.2) is 0 Å². The van der Waals surface area contributed by atoms with E-state index in [0.29, 0.717) is 12.8 Å². The van der Waals surface area contributed by atoms with Crippen LogP contribution in [-0.2, 0) is 16.4 Å². The third kappa shape index (κ3) is 3.21. The number of imidazole rings is 1. The molecule has 1 unspecified atom stereocenters. The van der Waals surface area contributed by atoms with Crippen LogP contribution in [0.3, 0.4) is 0 Å². The number of allylic oxidation sites excluding steroid dienone is 3. The van der Waals surface area contributed by atoms with Crippen LogP contribution in [0.4, 0.5) is 0 Å². The van der Waals surface area contributed by atoms with Crippen LogP contribution in [-0.4, -0.2) is 27.1 Å². The first-order chi connectivity index (χ1) is 15.3. The Hall–Kier alpha value is -3.12. The molecule has 1 N–H and O–H groups in total. The van der Waals surface area contributed by atoms with Gasteiger partial charge in [-0.05, 0) is 56.0 Å². The molecule has 5 nitrogen and oxygen atoms in total. The zero-order chi connectivity index (χ0) is 22.5. The summed E-state index contributed by atoms with van der Waals surface area (Å²) in [6.07, 6.45) is 9.52. The first kappa shape index (κ1) is 20.8. The molecular weight excluding hydrogens is 418 g/mol. The van der Waals surface area contributed by atoms with E-state index in [2.05, 4.69) is 11.1 Å². The molecule has 0 bridgehead atoms. The highest BCUT2D eigenvalue weighted by molar-refractivity contribution is 7.91. The molecule has 2 aromatic carbocycles. The lowest BCUT2D eigenvalue weighted by molar-refractivity contribution is 0.553. The summed E-state index contributed by atoms with van der Waals surface area (Å²) in [5, 5.41) is 0.948. The maximum absolute atomic E-state index is 13.9. The van der Waals surface area contributed by atoms with Crippen LogP contribution in [0.2, 0.25) is 0 Å². The van der Waals surface area contributed by atoms with Crippen molar-refractivity contribution < 1.29 is 8.42 Å². The largest absolute Gasteiger partial charge is 0.342 e. The van der Waals surface area contributed by atoms with Gasteiger partial charge in [0.2, 0.25) is 10.0 Å². The van der Waals surface area contributed by atoms with Gasteiger partial charge in [0.1, 0.15) is 10.6 Å². The van der Waals surface area contributed by atoms with E-state index >= 15 is 0 Å². The Morgan fingerprint density at radius 1 is 1.16 bits per heavy atom. The summed E-state index contributed by atoms with van der Waals surface area (Å²) in [6, 6.07) is 14.0. The summed E-state index contributed by atoms with van der Waals surface area (Å²) in [7, 11) is -3.65. The highest BCUT2D eigenvalue weighted by atomic mass is 32.2. The van der Waals surface area contributed by atoms with Gasteiger partial charge in [-0.2, -0.15) is 0 Å². The van der Waals surface area contributed by atoms with Crippen LogP contribution < -0.4 is 0 Å². The van der Waals surface area contributed by atoms with Gasteiger partial charge in [-0.1, -0.05) is 55.0 Å². The monoisotopic (exact) mass is 445 g/mol. The van der Waals surface area contributed by atoms with E-state index in [0.717, 1.165) is 50.9 Å². The minimum absolute atomic E-state index is 0.468. The van der Waals surface area contributed by atoms with E-state index < -0.39 is 14.8 Å². The number of aryl methyl sites for hydroxylation is 1. The van der Waals surface area contributed by atoms with Gasteiger partial charge >= 0.3 is 0 Å². The van der Waals surface area contributed by atoms with Crippen molar-refractivity contribution >= 4 is 32.0 Å². The molecule has 0 amide bonds. The van der Waals surface area contributed by atoms with Crippen LogP contribution in [0.5, 0.6) is 0 Å². The van der Waals surface area contributed by atoms with E-state index in [9.17, 15) is 8.42 Å². The van der Waals surface area contributed by atoms with Gasteiger partial charge in [0.05, 0.1) is 16.6 Å². The number of aromatic amines is 1. The number of benzene rings is 2. The Balaban J connectivity index is 1.60. The van der Waals surface area contributed by atoms with Crippen molar-refractivity contribution in [1.82, 2.24) is 13.9 Å². The lowest BCUT2D eigenvalue weighted by atomic mass is 9.96. The minimum atomic E-state index is -3.65. The third-order valence-electron chi connectivity index (χ3n) is 6.50. The predicted molar refractivity (Wildman–Crippen MR) is 130 cm³/mol. The van der Waals surface area contributed by atoms with Crippen molar-refractivity contribution in [3.63, 3.8) is 0 Å². The summed E-state index contributed by atoms with van der Waals surface area (Å²) in [6.45, 7) is 5.84. The fourth-order valence-electron chi connectivity index (χ4n) is 4.65. The number of fused-ring (bicyclic) bond motifs is 2. The molecule has 6 heteroatoms. The molecule has 4 aromatic rings. The Kier molecular flexibility index (Phi) is 4.86. The second-order valence-corrected chi connectivity index (χ2v) is 11.1. The SMILES string of the molecule is CCC1=CC(C)(S(=O)(=O)n2ccc3c(Cc4nc5ccccc5[nH]4)ccc(C)c32)CC=C1. The van der Waals surface area contributed by atoms with Crippen molar-refractivity contribution in [2.45, 2.75) is 44.8 Å². The standard InChI is InChI=1S/C26H27N3O2S/c1-4-19-8-7-14-26(3,17-19)32(30,31)29-15-13-21-20(12-11-18(2)25(21)29)16-24-27-22-9-5-6-10-23(22)28-24/h5-13,15,17H,4,14,16H2,1-3H3,(H,27,28). The van der Waals surface area contributed by atoms with Gasteiger partial charge in [0.25, 0.3) is 0 Å². The molecule has 5 rings (SSSR count). The van der Waals surface area contributed by atoms with Crippen LogP contribution in [0, 0.1) is 6.92 Å². The summed E-state index contributed by atoms with van der Waals surface area (Å²) in [5.74, 6) is 0.867. The van der Waals surface area contributed by atoms with E-state index in [1.807, 2.05) is 75.4 Å². The number of para-hydroxylation sites is 2. The molecule has 0 radical (unpaired) electrons. The minimum Gasteiger partial charge on any atom is -0.342 e. The number of hydrogen-bond donors (Lipinski definition) is 1. The lowest BCUT2D eigenvalue weighted by Crippen LogP contribution is -2.38. The molecule has 0 fully saturated rings. The number of aromatic nitrogens is 3. The van der Waals surface area contributed by atoms with Crippen LogP contribution in [0.25, 0.3) is 21.9 Å². The quantitative estimate of drug-likeness (QED) is 0.432. The fourth-order valence-corrected chi connectivity index (χ4v) is 6.41. The third-order valence-corrected chi connectivity index (χ3v) is 8.79. The van der Waals surface area contributed by atoms with Crippen molar-refractivity contribution in [1.29, 1.82) is 0 Å². The van der Waals surface area contributed by atoms with Gasteiger partial charge < -0.3 is 4.98 Å². The van der Waals surface area contributed by atoms with Crippen molar-refractivity contribution in [3.8, 4) is 0 Å². The van der Waals surface area contributed by atoms with Crippen LogP contribution in [0.15, 0.2) is 72.5 Å². The van der Waals surface area contributed by atoms with Crippen LogP contribution in [0.1, 0.15) is 43.6 Å². The van der Waals surface area contributed by atoms with E-state index in [1.165, 1.54) is 3.97 Å². The number of rotatable bonds is 5. The van der Waals surface area contributed by atoms with Crippen LogP contribution >= 0.6 is 0 Å². The second kappa shape index (κ2) is 7.48. The number of hydrogen-bond acceptors (Lipinski definition) is 3. The Morgan fingerprint density at radius 2 is 1.97 bits per heavy atom. The Labute approximate surface area is 188 Å². The van der Waals surface area contributed by atoms with Crippen molar-refractivity contribution in [3.05, 3.63) is 89.4 Å². The predicted octanol–water partition coefficient (Wildman–Crippen LogP) is 5.65. The molecule has 0 saturated carbocycles. The summed E-state index contributed by atoms with van der Waals surface area (Å²) in [4.78, 5) is 8.08. The molecular formula is C26H27N3O2S. The maximum atomic E-state index is 13.9. The molecule has 1 aliphatic rings. The Bertz CT molecular complexity index is 1470. The molecule has 2 heterocycles. The normalized spacial score (nSPS) is 19.0. The van der Waals surface area contributed by atoms with Crippen molar-refractivity contribution in [2.24, 2.45) is 0 Å². The molecule has 164 valence electrons. The molecule has 32 heavy (non-hydrogen) atoms. The molecule has 0 saturated heterocycles. The molecule has 1 aliphatic carbocycles. The first-order valence-corrected chi connectivity index (χ1v) is 12.4. The highest BCUT2D eigenvalue weighted by Crippen LogP contribution is 2.35.